The van der Waals surface area contributed by atoms with Gasteiger partial charge in [-0.1, -0.05) is 34.8 Å². The van der Waals surface area contributed by atoms with E-state index in [1.165, 1.54) is 0 Å². The van der Waals surface area contributed by atoms with Gasteiger partial charge in [-0.25, -0.2) is 0 Å². The molecule has 0 bridgehead atoms. The Kier molecular flexibility index (Phi) is 4.10. The molecule has 6 nitrogen and oxygen atoms in total. The van der Waals surface area contributed by atoms with Gasteiger partial charge in [0.15, 0.2) is 6.29 Å². The Labute approximate surface area is 112 Å². The number of aliphatic hydroxyl groups excluding tert-OH is 3. The highest BCUT2D eigenvalue weighted by Gasteiger charge is 2.57. The molecular weight excluding hydrogens is 298 g/mol. The Hall–Kier alpha value is 0.630. The third kappa shape index (κ3) is 2.65. The summed E-state index contributed by atoms with van der Waals surface area (Å²) in [6.07, 6.45) is -6.33. The molecule has 0 aromatic carbocycles. The van der Waals surface area contributed by atoms with Crippen molar-refractivity contribution >= 4 is 34.8 Å². The first-order chi connectivity index (χ1) is 7.84. The zero-order chi connectivity index (χ0) is 12.8. The van der Waals surface area contributed by atoms with Crippen LogP contribution in [0.4, 0.5) is 0 Å². The van der Waals surface area contributed by atoms with Crippen LogP contribution in [-0.2, 0) is 14.2 Å². The lowest BCUT2D eigenvalue weighted by molar-refractivity contribution is -0.188. The summed E-state index contributed by atoms with van der Waals surface area (Å²) in [5, 5.41) is 28.0. The largest absolute Gasteiger partial charge is 0.394 e. The van der Waals surface area contributed by atoms with E-state index in [1.807, 2.05) is 0 Å². The molecule has 0 aromatic rings. The van der Waals surface area contributed by atoms with Crippen molar-refractivity contribution in [1.82, 2.24) is 0 Å². The van der Waals surface area contributed by atoms with Crippen molar-refractivity contribution in [3.63, 3.8) is 0 Å². The number of aliphatic hydroxyl groups is 3. The number of halogens is 3. The normalized spacial score (nSPS) is 43.8. The molecule has 0 amide bonds. The molecule has 17 heavy (non-hydrogen) atoms. The minimum absolute atomic E-state index is 0.547. The van der Waals surface area contributed by atoms with Crippen LogP contribution in [0.25, 0.3) is 0 Å². The standard InChI is InChI=1S/C8H11Cl3O6/c9-8(10,11)7-16-5-3(14)4(2(13)1-12)15-6(5)17-7/h2-7,12-14H,1H2/t2-,3-,4+,5+,6+,7+/m0/s1. The van der Waals surface area contributed by atoms with Gasteiger partial charge in [0.05, 0.1) is 6.61 Å². The lowest BCUT2D eigenvalue weighted by atomic mass is 10.1. The molecule has 6 atom stereocenters. The highest BCUT2D eigenvalue weighted by atomic mass is 35.6. The minimum atomic E-state index is -1.79. The SMILES string of the molecule is OC[C@H](O)[C@H]1O[C@@H]2O[C@H](C(Cl)(Cl)Cl)O[C@@H]2[C@H]1O. The molecule has 0 spiro atoms. The van der Waals surface area contributed by atoms with Crippen LogP contribution < -0.4 is 0 Å². The molecule has 2 rings (SSSR count). The van der Waals surface area contributed by atoms with E-state index in [2.05, 4.69) is 0 Å². The Balaban J connectivity index is 2.01. The molecule has 9 heteroatoms. The lowest BCUT2D eigenvalue weighted by Crippen LogP contribution is -2.42. The summed E-state index contributed by atoms with van der Waals surface area (Å²) >= 11 is 16.7. The Morgan fingerprint density at radius 1 is 1.18 bits per heavy atom. The number of hydrogen-bond donors (Lipinski definition) is 3. The van der Waals surface area contributed by atoms with Crippen molar-refractivity contribution in [2.24, 2.45) is 0 Å². The summed E-state index contributed by atoms with van der Waals surface area (Å²) < 4.78 is 13.8. The summed E-state index contributed by atoms with van der Waals surface area (Å²) in [6, 6.07) is 0. The van der Waals surface area contributed by atoms with Crippen LogP contribution in [0.2, 0.25) is 0 Å². The topological polar surface area (TPSA) is 88.4 Å². The van der Waals surface area contributed by atoms with Crippen molar-refractivity contribution < 1.29 is 29.5 Å². The van der Waals surface area contributed by atoms with Crippen molar-refractivity contribution in [1.29, 1.82) is 0 Å². The molecule has 0 radical (unpaired) electrons. The van der Waals surface area contributed by atoms with Crippen LogP contribution in [-0.4, -0.2) is 62.7 Å². The van der Waals surface area contributed by atoms with Gasteiger partial charge >= 0.3 is 0 Å². The zero-order valence-electron chi connectivity index (χ0n) is 8.37. The highest BCUT2D eigenvalue weighted by Crippen LogP contribution is 2.42. The van der Waals surface area contributed by atoms with Gasteiger partial charge in [-0.2, -0.15) is 0 Å². The summed E-state index contributed by atoms with van der Waals surface area (Å²) in [7, 11) is 0. The number of alkyl halides is 3. The summed E-state index contributed by atoms with van der Waals surface area (Å²) in [6.45, 7) is -0.547. The van der Waals surface area contributed by atoms with E-state index in [0.29, 0.717) is 0 Å². The fourth-order valence-electron chi connectivity index (χ4n) is 1.79. The van der Waals surface area contributed by atoms with Gasteiger partial charge in [-0.15, -0.1) is 0 Å². The number of ether oxygens (including phenoxy) is 3. The lowest BCUT2D eigenvalue weighted by Gasteiger charge is -2.24. The predicted octanol–water partition coefficient (Wildman–Crippen LogP) is -0.463. The summed E-state index contributed by atoms with van der Waals surface area (Å²) in [5.41, 5.74) is 0. The first-order valence-electron chi connectivity index (χ1n) is 4.84. The molecular formula is C8H11Cl3O6. The first-order valence-corrected chi connectivity index (χ1v) is 5.98. The number of fused-ring (bicyclic) bond motifs is 1. The smallest absolute Gasteiger partial charge is 0.241 e. The van der Waals surface area contributed by atoms with Crippen LogP contribution in [0.5, 0.6) is 0 Å². The van der Waals surface area contributed by atoms with E-state index < -0.39 is 47.4 Å². The monoisotopic (exact) mass is 308 g/mol. The fourth-order valence-corrected chi connectivity index (χ4v) is 2.10. The van der Waals surface area contributed by atoms with E-state index in [4.69, 9.17) is 54.1 Å². The second kappa shape index (κ2) is 4.96. The molecule has 3 N–H and O–H groups in total. The average molecular weight is 310 g/mol. The maximum Gasteiger partial charge on any atom is 0.241 e. The van der Waals surface area contributed by atoms with Gasteiger partial charge in [0, 0.05) is 0 Å². The van der Waals surface area contributed by atoms with E-state index >= 15 is 0 Å². The Morgan fingerprint density at radius 3 is 2.29 bits per heavy atom. The minimum Gasteiger partial charge on any atom is -0.394 e. The van der Waals surface area contributed by atoms with Gasteiger partial charge in [0.1, 0.15) is 24.4 Å². The van der Waals surface area contributed by atoms with Crippen molar-refractivity contribution in [2.45, 2.75) is 40.8 Å². The second-order valence-corrected chi connectivity index (χ2v) is 6.19. The molecule has 2 heterocycles. The molecule has 0 saturated carbocycles. The maximum absolute atomic E-state index is 9.81. The van der Waals surface area contributed by atoms with Gasteiger partial charge in [0.2, 0.25) is 10.1 Å². The third-order valence-electron chi connectivity index (χ3n) is 2.60. The van der Waals surface area contributed by atoms with Crippen molar-refractivity contribution in [3.8, 4) is 0 Å². The van der Waals surface area contributed by atoms with E-state index in [9.17, 15) is 10.2 Å². The maximum atomic E-state index is 9.81. The third-order valence-corrected chi connectivity index (χ3v) is 3.14. The van der Waals surface area contributed by atoms with Crippen LogP contribution in [0.1, 0.15) is 0 Å². The van der Waals surface area contributed by atoms with Crippen LogP contribution in [0.3, 0.4) is 0 Å². The molecule has 2 saturated heterocycles. The number of rotatable bonds is 2. The first kappa shape index (κ1) is 14.0. The summed E-state index contributed by atoms with van der Waals surface area (Å²) in [5.74, 6) is 0. The quantitative estimate of drug-likeness (QED) is 0.598. The molecule has 2 aliphatic rings. The average Bonchev–Trinajstić information content (AvgIpc) is 2.77. The molecule has 0 aromatic heterocycles. The van der Waals surface area contributed by atoms with Crippen molar-refractivity contribution in [3.05, 3.63) is 0 Å². The van der Waals surface area contributed by atoms with Gasteiger partial charge < -0.3 is 29.5 Å². The Bertz CT molecular complexity index is 285. The number of hydrogen-bond acceptors (Lipinski definition) is 6. The van der Waals surface area contributed by atoms with Crippen LogP contribution in [0, 0.1) is 0 Å². The molecule has 2 aliphatic heterocycles. The predicted molar refractivity (Wildman–Crippen MR) is 57.8 cm³/mol. The molecule has 0 aliphatic carbocycles. The molecule has 100 valence electrons. The van der Waals surface area contributed by atoms with Crippen LogP contribution in [0.15, 0.2) is 0 Å². The van der Waals surface area contributed by atoms with E-state index in [1.54, 1.807) is 0 Å². The van der Waals surface area contributed by atoms with E-state index in [-0.39, 0.29) is 0 Å². The van der Waals surface area contributed by atoms with Gasteiger partial charge in [-0.3, -0.25) is 0 Å². The van der Waals surface area contributed by atoms with E-state index in [0.717, 1.165) is 0 Å². The summed E-state index contributed by atoms with van der Waals surface area (Å²) in [4.78, 5) is 0. The van der Waals surface area contributed by atoms with Gasteiger partial charge in [-0.05, 0) is 0 Å². The fraction of sp³-hybridized carbons (Fsp3) is 1.00. The van der Waals surface area contributed by atoms with Crippen LogP contribution >= 0.6 is 34.8 Å². The van der Waals surface area contributed by atoms with Crippen molar-refractivity contribution in [2.75, 3.05) is 6.61 Å². The second-order valence-electron chi connectivity index (χ2n) is 3.82. The molecule has 2 fully saturated rings. The zero-order valence-corrected chi connectivity index (χ0v) is 10.6. The van der Waals surface area contributed by atoms with Gasteiger partial charge in [0.25, 0.3) is 0 Å². The molecule has 0 unspecified atom stereocenters. The Morgan fingerprint density at radius 2 is 1.82 bits per heavy atom. The highest BCUT2D eigenvalue weighted by molar-refractivity contribution is 6.67.